The third-order valence-corrected chi connectivity index (χ3v) is 3.31. The molecule has 2 rings (SSSR count). The number of nitrogens with one attached hydrogen (secondary N) is 1. The van der Waals surface area contributed by atoms with Crippen LogP contribution in [0, 0.1) is 0 Å². The molecule has 0 radical (unpaired) electrons. The zero-order chi connectivity index (χ0) is 14.5. The summed E-state index contributed by atoms with van der Waals surface area (Å²) in [5.74, 6) is 0.593. The number of amides is 1. The lowest BCUT2D eigenvalue weighted by atomic mass is 10.2. The van der Waals surface area contributed by atoms with Gasteiger partial charge in [-0.25, -0.2) is 0 Å². The fourth-order valence-corrected chi connectivity index (χ4v) is 2.23. The normalized spacial score (nSPS) is 10.3. The molecule has 1 N–H and O–H groups in total. The number of carbonyl (C=O) groups excluding carboxylic acids is 1. The standard InChI is InChI=1S/C14H16BrN3O2/c1-3-20-13-5-4-11(8-10(13)9-15)16-14(19)12-6-7-18(2)17-12/h4-8H,3,9H2,1-2H3,(H,16,19). The van der Waals surface area contributed by atoms with Crippen LogP contribution in [0.2, 0.25) is 0 Å². The summed E-state index contributed by atoms with van der Waals surface area (Å²) in [7, 11) is 1.77. The highest BCUT2D eigenvalue weighted by molar-refractivity contribution is 9.08. The second-order valence-electron chi connectivity index (χ2n) is 4.22. The Labute approximate surface area is 126 Å². The molecule has 1 aromatic carbocycles. The SMILES string of the molecule is CCOc1ccc(NC(=O)c2ccn(C)n2)cc1CBr. The molecular weight excluding hydrogens is 322 g/mol. The number of aromatic nitrogens is 2. The van der Waals surface area contributed by atoms with Crippen LogP contribution in [-0.2, 0) is 12.4 Å². The van der Waals surface area contributed by atoms with Crippen LogP contribution in [0.25, 0.3) is 0 Å². The van der Waals surface area contributed by atoms with Crippen LogP contribution in [-0.4, -0.2) is 22.3 Å². The van der Waals surface area contributed by atoms with Crippen molar-refractivity contribution in [1.29, 1.82) is 0 Å². The topological polar surface area (TPSA) is 56.1 Å². The highest BCUT2D eigenvalue weighted by Crippen LogP contribution is 2.25. The Bertz CT molecular complexity index is 610. The summed E-state index contributed by atoms with van der Waals surface area (Å²) in [5.41, 5.74) is 2.10. The molecule has 0 fully saturated rings. The van der Waals surface area contributed by atoms with E-state index in [1.54, 1.807) is 24.0 Å². The first kappa shape index (κ1) is 14.6. The molecule has 1 amide bonds. The molecule has 0 saturated carbocycles. The molecule has 0 unspecified atom stereocenters. The van der Waals surface area contributed by atoms with E-state index in [4.69, 9.17) is 4.74 Å². The molecule has 0 aliphatic rings. The number of alkyl halides is 1. The van der Waals surface area contributed by atoms with Crippen molar-refractivity contribution in [3.05, 3.63) is 41.7 Å². The lowest BCUT2D eigenvalue weighted by Gasteiger charge is -2.10. The van der Waals surface area contributed by atoms with Crippen LogP contribution in [0.4, 0.5) is 5.69 Å². The fourth-order valence-electron chi connectivity index (χ4n) is 1.79. The van der Waals surface area contributed by atoms with Gasteiger partial charge in [0.15, 0.2) is 5.69 Å². The van der Waals surface area contributed by atoms with E-state index >= 15 is 0 Å². The van der Waals surface area contributed by atoms with Gasteiger partial charge in [0.25, 0.3) is 5.91 Å². The average molecular weight is 338 g/mol. The molecule has 20 heavy (non-hydrogen) atoms. The van der Waals surface area contributed by atoms with E-state index in [-0.39, 0.29) is 5.91 Å². The molecule has 0 atom stereocenters. The predicted molar refractivity (Wildman–Crippen MR) is 81.4 cm³/mol. The molecule has 0 aliphatic carbocycles. The lowest BCUT2D eigenvalue weighted by Crippen LogP contribution is -2.13. The first-order valence-corrected chi connectivity index (χ1v) is 7.39. The number of nitrogens with zero attached hydrogens (tertiary/aromatic N) is 2. The summed E-state index contributed by atoms with van der Waals surface area (Å²) in [6.45, 7) is 2.55. The maximum absolute atomic E-state index is 12.0. The Morgan fingerprint density at radius 2 is 2.25 bits per heavy atom. The van der Waals surface area contributed by atoms with Crippen molar-refractivity contribution < 1.29 is 9.53 Å². The molecular formula is C14H16BrN3O2. The minimum atomic E-state index is -0.227. The highest BCUT2D eigenvalue weighted by Gasteiger charge is 2.10. The number of aryl methyl sites for hydroxylation is 1. The predicted octanol–water partition coefficient (Wildman–Crippen LogP) is 2.97. The van der Waals surface area contributed by atoms with Crippen LogP contribution >= 0.6 is 15.9 Å². The first-order chi connectivity index (χ1) is 9.63. The van der Waals surface area contributed by atoms with Gasteiger partial charge in [-0.1, -0.05) is 15.9 Å². The van der Waals surface area contributed by atoms with Gasteiger partial charge in [0.1, 0.15) is 5.75 Å². The molecule has 0 saturated heterocycles. The average Bonchev–Trinajstić information content (AvgIpc) is 2.87. The van der Waals surface area contributed by atoms with Gasteiger partial charge in [-0.15, -0.1) is 0 Å². The first-order valence-electron chi connectivity index (χ1n) is 6.26. The van der Waals surface area contributed by atoms with Crippen molar-refractivity contribution in [3.8, 4) is 5.75 Å². The minimum Gasteiger partial charge on any atom is -0.494 e. The zero-order valence-corrected chi connectivity index (χ0v) is 13.0. The summed E-state index contributed by atoms with van der Waals surface area (Å²) in [5, 5.41) is 7.55. The van der Waals surface area contributed by atoms with Crippen molar-refractivity contribution in [2.24, 2.45) is 7.05 Å². The summed E-state index contributed by atoms with van der Waals surface area (Å²) in [6, 6.07) is 7.24. The number of rotatable bonds is 5. The van der Waals surface area contributed by atoms with Crippen molar-refractivity contribution in [1.82, 2.24) is 9.78 Å². The van der Waals surface area contributed by atoms with E-state index in [2.05, 4.69) is 26.3 Å². The van der Waals surface area contributed by atoms with E-state index < -0.39 is 0 Å². The van der Waals surface area contributed by atoms with E-state index in [1.165, 1.54) is 0 Å². The quantitative estimate of drug-likeness (QED) is 0.853. The smallest absolute Gasteiger partial charge is 0.276 e. The van der Waals surface area contributed by atoms with Gasteiger partial charge >= 0.3 is 0 Å². The number of anilines is 1. The van der Waals surface area contributed by atoms with Gasteiger partial charge in [-0.05, 0) is 31.2 Å². The largest absolute Gasteiger partial charge is 0.494 e. The Morgan fingerprint density at radius 3 is 2.85 bits per heavy atom. The lowest BCUT2D eigenvalue weighted by molar-refractivity contribution is 0.102. The van der Waals surface area contributed by atoms with Gasteiger partial charge < -0.3 is 10.1 Å². The Morgan fingerprint density at radius 1 is 1.45 bits per heavy atom. The van der Waals surface area contributed by atoms with E-state index in [9.17, 15) is 4.79 Å². The molecule has 106 valence electrons. The number of hydrogen-bond donors (Lipinski definition) is 1. The molecule has 0 aliphatic heterocycles. The number of hydrogen-bond acceptors (Lipinski definition) is 3. The second kappa shape index (κ2) is 6.56. The molecule has 0 bridgehead atoms. The third kappa shape index (κ3) is 3.39. The third-order valence-electron chi connectivity index (χ3n) is 2.71. The number of ether oxygens (including phenoxy) is 1. The van der Waals surface area contributed by atoms with Gasteiger partial charge in [0.2, 0.25) is 0 Å². The zero-order valence-electron chi connectivity index (χ0n) is 11.4. The Kier molecular flexibility index (Phi) is 4.79. The van der Waals surface area contributed by atoms with Crippen LogP contribution in [0.15, 0.2) is 30.5 Å². The number of halogens is 1. The molecule has 6 heteroatoms. The Hall–Kier alpha value is -1.82. The monoisotopic (exact) mass is 337 g/mol. The Balaban J connectivity index is 2.15. The summed E-state index contributed by atoms with van der Waals surface area (Å²) in [4.78, 5) is 12.0. The van der Waals surface area contributed by atoms with Crippen LogP contribution in [0.5, 0.6) is 5.75 Å². The van der Waals surface area contributed by atoms with Crippen LogP contribution in [0.3, 0.4) is 0 Å². The summed E-state index contributed by atoms with van der Waals surface area (Å²) < 4.78 is 7.11. The van der Waals surface area contributed by atoms with E-state index in [0.29, 0.717) is 17.6 Å². The summed E-state index contributed by atoms with van der Waals surface area (Å²) >= 11 is 3.42. The van der Waals surface area contributed by atoms with Gasteiger partial charge in [-0.3, -0.25) is 9.48 Å². The minimum absolute atomic E-state index is 0.227. The molecule has 1 heterocycles. The van der Waals surface area contributed by atoms with Gasteiger partial charge in [-0.2, -0.15) is 5.10 Å². The van der Waals surface area contributed by atoms with Crippen LogP contribution < -0.4 is 10.1 Å². The molecule has 5 nitrogen and oxygen atoms in total. The number of carbonyl (C=O) groups is 1. The second-order valence-corrected chi connectivity index (χ2v) is 4.78. The van der Waals surface area contributed by atoms with Crippen molar-refractivity contribution in [3.63, 3.8) is 0 Å². The maximum Gasteiger partial charge on any atom is 0.276 e. The summed E-state index contributed by atoms with van der Waals surface area (Å²) in [6.07, 6.45) is 1.73. The van der Waals surface area contributed by atoms with E-state index in [1.807, 2.05) is 25.1 Å². The maximum atomic E-state index is 12.0. The van der Waals surface area contributed by atoms with Gasteiger partial charge in [0, 0.05) is 29.8 Å². The molecule has 1 aromatic heterocycles. The van der Waals surface area contributed by atoms with Crippen molar-refractivity contribution in [2.75, 3.05) is 11.9 Å². The van der Waals surface area contributed by atoms with Crippen molar-refractivity contribution >= 4 is 27.5 Å². The number of benzene rings is 1. The molecule has 0 spiro atoms. The molecule has 2 aromatic rings. The fraction of sp³-hybridized carbons (Fsp3) is 0.286. The van der Waals surface area contributed by atoms with Crippen LogP contribution in [0.1, 0.15) is 23.0 Å². The van der Waals surface area contributed by atoms with Gasteiger partial charge in [0.05, 0.1) is 6.61 Å². The highest BCUT2D eigenvalue weighted by atomic mass is 79.9. The van der Waals surface area contributed by atoms with E-state index in [0.717, 1.165) is 17.0 Å². The van der Waals surface area contributed by atoms with Crippen molar-refractivity contribution in [2.45, 2.75) is 12.3 Å².